The number of likely N-dealkylation sites (tertiary alicyclic amines) is 1. The van der Waals surface area contributed by atoms with Gasteiger partial charge in [-0.15, -0.1) is 0 Å². The molecule has 0 N–H and O–H groups in total. The normalized spacial score (nSPS) is 24.4. The largest absolute Gasteiger partial charge is 0.292 e. The summed E-state index contributed by atoms with van der Waals surface area (Å²) in [6.07, 6.45) is 3.81. The molecule has 1 aromatic rings. The lowest BCUT2D eigenvalue weighted by Crippen LogP contribution is -2.44. The smallest absolute Gasteiger partial charge is 0.251 e. The van der Waals surface area contributed by atoms with E-state index in [2.05, 4.69) is 27.5 Å². The van der Waals surface area contributed by atoms with Crippen LogP contribution in [0, 0.1) is 3.57 Å². The minimum atomic E-state index is -0.248. The van der Waals surface area contributed by atoms with E-state index in [-0.39, 0.29) is 17.9 Å². The van der Waals surface area contributed by atoms with Gasteiger partial charge in [0.1, 0.15) is 0 Å². The van der Waals surface area contributed by atoms with E-state index in [1.807, 2.05) is 24.3 Å². The fourth-order valence-electron chi connectivity index (χ4n) is 2.99. The predicted octanol–water partition coefficient (Wildman–Crippen LogP) is 2.41. The van der Waals surface area contributed by atoms with Crippen molar-refractivity contribution < 1.29 is 9.59 Å². The van der Waals surface area contributed by atoms with Crippen molar-refractivity contribution in [2.45, 2.75) is 31.7 Å². The van der Waals surface area contributed by atoms with Crippen LogP contribution in [0.15, 0.2) is 24.3 Å². The monoisotopic (exact) mass is 384 g/mol. The van der Waals surface area contributed by atoms with E-state index < -0.39 is 0 Å². The maximum absolute atomic E-state index is 12.6. The third-order valence-electron chi connectivity index (χ3n) is 4.04. The van der Waals surface area contributed by atoms with Crippen molar-refractivity contribution in [3.8, 4) is 0 Å². The molecule has 0 spiro atoms. The number of nitrogens with zero attached hydrogens (tertiary/aromatic N) is 2. The second-order valence-electron chi connectivity index (χ2n) is 5.36. The van der Waals surface area contributed by atoms with Gasteiger partial charge in [0.25, 0.3) is 5.91 Å². The van der Waals surface area contributed by atoms with Crippen molar-refractivity contribution in [3.05, 3.63) is 27.8 Å². The van der Waals surface area contributed by atoms with Gasteiger partial charge in [-0.1, -0.05) is 6.42 Å². The molecular weight excluding hydrogens is 367 g/mol. The molecule has 3 rings (SSSR count). The molecule has 0 bridgehead atoms. The molecule has 0 saturated carbocycles. The number of benzene rings is 1. The third-order valence-corrected chi connectivity index (χ3v) is 4.76. The number of hydrogen-bond acceptors (Lipinski definition) is 3. The molecule has 0 aromatic heterocycles. The Kier molecular flexibility index (Phi) is 4.07. The van der Waals surface area contributed by atoms with Crippen LogP contribution in [0.2, 0.25) is 0 Å². The summed E-state index contributed by atoms with van der Waals surface area (Å²) in [6, 6.07) is 7.28. The summed E-state index contributed by atoms with van der Waals surface area (Å²) in [5.74, 6) is -0.134. The van der Waals surface area contributed by atoms with E-state index >= 15 is 0 Å². The number of amides is 2. The van der Waals surface area contributed by atoms with Gasteiger partial charge in [0.15, 0.2) is 0 Å². The Balaban J connectivity index is 1.81. The highest BCUT2D eigenvalue weighted by atomic mass is 127. The van der Waals surface area contributed by atoms with Gasteiger partial charge in [0.2, 0.25) is 5.91 Å². The Morgan fingerprint density at radius 3 is 2.30 bits per heavy atom. The van der Waals surface area contributed by atoms with Crippen LogP contribution in [-0.2, 0) is 9.59 Å². The lowest BCUT2D eigenvalue weighted by Gasteiger charge is -2.30. The zero-order valence-corrected chi connectivity index (χ0v) is 13.4. The van der Waals surface area contributed by atoms with Crippen LogP contribution < -0.4 is 4.90 Å². The number of hydrogen-bond donors (Lipinski definition) is 0. The summed E-state index contributed by atoms with van der Waals surface area (Å²) in [5.41, 5.74) is 0.694. The highest BCUT2D eigenvalue weighted by Crippen LogP contribution is 2.27. The maximum Gasteiger partial charge on any atom is 0.251 e. The predicted molar refractivity (Wildman–Crippen MR) is 85.5 cm³/mol. The molecule has 2 aliphatic heterocycles. The number of imide groups is 1. The van der Waals surface area contributed by atoms with Crippen LogP contribution in [-0.4, -0.2) is 35.8 Å². The SMILES string of the molecule is O=C1C[C@@H](N2CCCCC2)C(=O)N1c1ccc(I)cc1. The average molecular weight is 384 g/mol. The molecule has 0 radical (unpaired) electrons. The van der Waals surface area contributed by atoms with Crippen molar-refractivity contribution in [1.29, 1.82) is 0 Å². The van der Waals surface area contributed by atoms with Gasteiger partial charge in [-0.3, -0.25) is 14.5 Å². The average Bonchev–Trinajstić information content (AvgIpc) is 2.76. The molecule has 0 unspecified atom stereocenters. The molecular formula is C15H17IN2O2. The summed E-state index contributed by atoms with van der Waals surface area (Å²) in [6.45, 7) is 1.87. The summed E-state index contributed by atoms with van der Waals surface area (Å²) in [4.78, 5) is 28.3. The Morgan fingerprint density at radius 1 is 1.00 bits per heavy atom. The number of anilines is 1. The van der Waals surface area contributed by atoms with Crippen LogP contribution in [0.5, 0.6) is 0 Å². The van der Waals surface area contributed by atoms with Gasteiger partial charge in [0.05, 0.1) is 18.2 Å². The van der Waals surface area contributed by atoms with Gasteiger partial charge in [0, 0.05) is 3.57 Å². The lowest BCUT2D eigenvalue weighted by atomic mass is 10.1. The van der Waals surface area contributed by atoms with Crippen LogP contribution in [0.3, 0.4) is 0 Å². The van der Waals surface area contributed by atoms with Gasteiger partial charge in [-0.25, -0.2) is 4.90 Å². The number of rotatable bonds is 2. The van der Waals surface area contributed by atoms with E-state index in [1.54, 1.807) is 0 Å². The van der Waals surface area contributed by atoms with E-state index in [1.165, 1.54) is 11.3 Å². The topological polar surface area (TPSA) is 40.6 Å². The first kappa shape index (κ1) is 14.0. The minimum absolute atomic E-state index is 0.0573. The number of carbonyl (C=O) groups is 2. The molecule has 1 atom stereocenters. The lowest BCUT2D eigenvalue weighted by molar-refractivity contribution is -0.123. The maximum atomic E-state index is 12.6. The Hall–Kier alpha value is -0.950. The summed E-state index contributed by atoms with van der Waals surface area (Å²) in [5, 5.41) is 0. The fourth-order valence-corrected chi connectivity index (χ4v) is 3.35. The van der Waals surface area contributed by atoms with E-state index in [0.717, 1.165) is 29.5 Å². The molecule has 5 heteroatoms. The van der Waals surface area contributed by atoms with Gasteiger partial charge < -0.3 is 0 Å². The third kappa shape index (κ3) is 2.61. The fraction of sp³-hybridized carbons (Fsp3) is 0.467. The van der Waals surface area contributed by atoms with Gasteiger partial charge >= 0.3 is 0 Å². The molecule has 2 amide bonds. The highest BCUT2D eigenvalue weighted by molar-refractivity contribution is 14.1. The summed E-state index contributed by atoms with van der Waals surface area (Å²) < 4.78 is 1.10. The second-order valence-corrected chi connectivity index (χ2v) is 6.61. The highest BCUT2D eigenvalue weighted by Gasteiger charge is 2.42. The van der Waals surface area contributed by atoms with Crippen LogP contribution in [0.1, 0.15) is 25.7 Å². The first-order valence-electron chi connectivity index (χ1n) is 7.03. The standard InChI is InChI=1S/C15H17IN2O2/c16-11-4-6-12(7-5-11)18-14(19)10-13(15(18)20)17-8-2-1-3-9-17/h4-7,13H,1-3,8-10H2/t13-/m1/s1. The van der Waals surface area contributed by atoms with E-state index in [4.69, 9.17) is 0 Å². The molecule has 1 aromatic carbocycles. The van der Waals surface area contributed by atoms with Gasteiger partial charge in [-0.2, -0.15) is 0 Å². The van der Waals surface area contributed by atoms with Crippen molar-refractivity contribution >= 4 is 40.1 Å². The van der Waals surface area contributed by atoms with Crippen molar-refractivity contribution in [1.82, 2.24) is 4.90 Å². The van der Waals surface area contributed by atoms with Crippen molar-refractivity contribution in [2.75, 3.05) is 18.0 Å². The Morgan fingerprint density at radius 2 is 1.65 bits per heavy atom. The zero-order chi connectivity index (χ0) is 14.1. The first-order chi connectivity index (χ1) is 9.66. The first-order valence-corrected chi connectivity index (χ1v) is 8.11. The van der Waals surface area contributed by atoms with Crippen molar-refractivity contribution in [2.24, 2.45) is 0 Å². The molecule has 2 heterocycles. The Bertz CT molecular complexity index is 523. The molecule has 2 aliphatic rings. The molecule has 106 valence electrons. The van der Waals surface area contributed by atoms with E-state index in [0.29, 0.717) is 12.1 Å². The Labute approximate surface area is 132 Å². The number of halogens is 1. The summed E-state index contributed by atoms with van der Waals surface area (Å²) >= 11 is 2.21. The van der Waals surface area contributed by atoms with Crippen LogP contribution in [0.4, 0.5) is 5.69 Å². The second kappa shape index (κ2) is 5.81. The minimum Gasteiger partial charge on any atom is -0.292 e. The number of piperidine rings is 1. The van der Waals surface area contributed by atoms with Crippen LogP contribution >= 0.6 is 22.6 Å². The quantitative estimate of drug-likeness (QED) is 0.581. The van der Waals surface area contributed by atoms with E-state index in [9.17, 15) is 9.59 Å². The molecule has 20 heavy (non-hydrogen) atoms. The molecule has 4 nitrogen and oxygen atoms in total. The molecule has 2 saturated heterocycles. The molecule has 0 aliphatic carbocycles. The van der Waals surface area contributed by atoms with Crippen molar-refractivity contribution in [3.63, 3.8) is 0 Å². The zero-order valence-electron chi connectivity index (χ0n) is 11.2. The van der Waals surface area contributed by atoms with Crippen LogP contribution in [0.25, 0.3) is 0 Å². The van der Waals surface area contributed by atoms with Gasteiger partial charge in [-0.05, 0) is 72.8 Å². The number of carbonyl (C=O) groups excluding carboxylic acids is 2. The summed E-state index contributed by atoms with van der Waals surface area (Å²) in [7, 11) is 0. The molecule has 2 fully saturated rings.